The lowest BCUT2D eigenvalue weighted by atomic mass is 9.89. The maximum Gasteiger partial charge on any atom is 0.201 e. The Morgan fingerprint density at radius 2 is 1.66 bits per heavy atom. The van der Waals surface area contributed by atoms with Crippen molar-refractivity contribution in [2.24, 2.45) is 0 Å². The van der Waals surface area contributed by atoms with Crippen molar-refractivity contribution in [1.29, 1.82) is 0 Å². The van der Waals surface area contributed by atoms with Crippen LogP contribution < -0.4 is 5.32 Å². The van der Waals surface area contributed by atoms with Gasteiger partial charge >= 0.3 is 0 Å². The monoisotopic (exact) mass is 507 g/mol. The third kappa shape index (κ3) is 4.62. The zero-order chi connectivity index (χ0) is 24.0. The summed E-state index contributed by atoms with van der Waals surface area (Å²) in [5.74, 6) is -0.694. The third-order valence-electron chi connectivity index (χ3n) is 7.35. The van der Waals surface area contributed by atoms with Crippen molar-refractivity contribution < 1.29 is 14.5 Å². The Morgan fingerprint density at radius 1 is 0.914 bits per heavy atom. The Morgan fingerprint density at radius 3 is 2.40 bits per heavy atom. The summed E-state index contributed by atoms with van der Waals surface area (Å²) in [5, 5.41) is 4.77. The average Bonchev–Trinajstić information content (AvgIpc) is 3.23. The van der Waals surface area contributed by atoms with Crippen LogP contribution in [0.5, 0.6) is 0 Å². The van der Waals surface area contributed by atoms with E-state index in [1.54, 1.807) is 6.07 Å². The molecule has 3 aliphatic rings. The molecule has 4 nitrogen and oxygen atoms in total. The highest BCUT2D eigenvalue weighted by atomic mass is 35.5. The summed E-state index contributed by atoms with van der Waals surface area (Å²) in [6.07, 6.45) is 3.90. The number of ether oxygens (including phenoxy) is 1. The second kappa shape index (κ2) is 9.27. The maximum atomic E-state index is 6.26. The van der Waals surface area contributed by atoms with E-state index >= 15 is 0 Å². The van der Waals surface area contributed by atoms with Gasteiger partial charge in [-0.05, 0) is 70.9 Å². The van der Waals surface area contributed by atoms with Gasteiger partial charge in [-0.15, -0.1) is 0 Å². The molecule has 1 saturated heterocycles. The quantitative estimate of drug-likeness (QED) is 0.287. The average molecular weight is 508 g/mol. The van der Waals surface area contributed by atoms with Crippen LogP contribution in [0.25, 0.3) is 16.7 Å². The molecule has 2 fully saturated rings. The van der Waals surface area contributed by atoms with Gasteiger partial charge in [-0.25, -0.2) is 9.78 Å². The molecule has 0 radical (unpaired) electrons. The van der Waals surface area contributed by atoms with Gasteiger partial charge in [0.25, 0.3) is 0 Å². The van der Waals surface area contributed by atoms with Crippen LogP contribution in [0.15, 0.2) is 67.2 Å². The third-order valence-corrected chi connectivity index (χ3v) is 7.78. The molecule has 3 aromatic rings. The topological polar surface area (TPSA) is 39.7 Å². The van der Waals surface area contributed by atoms with Crippen molar-refractivity contribution in [3.05, 3.63) is 94.0 Å². The predicted octanol–water partition coefficient (Wildman–Crippen LogP) is 7.68. The van der Waals surface area contributed by atoms with Gasteiger partial charge in [0.1, 0.15) is 6.10 Å². The highest BCUT2D eigenvalue weighted by Gasteiger charge is 2.43. The number of anilines is 1. The zero-order valence-electron chi connectivity index (χ0n) is 19.4. The van der Waals surface area contributed by atoms with E-state index in [2.05, 4.69) is 54.4 Å². The number of hydrogen-bond donors (Lipinski definition) is 1. The molecule has 35 heavy (non-hydrogen) atoms. The molecule has 180 valence electrons. The fourth-order valence-electron chi connectivity index (χ4n) is 5.42. The van der Waals surface area contributed by atoms with Crippen LogP contribution in [0.3, 0.4) is 0 Å². The number of rotatable bonds is 4. The summed E-state index contributed by atoms with van der Waals surface area (Å²) in [6, 6.07) is 20.9. The molecule has 1 spiro atoms. The van der Waals surface area contributed by atoms with E-state index in [1.165, 1.54) is 22.3 Å². The largest absolute Gasteiger partial charge is 0.382 e. The molecule has 2 aliphatic carbocycles. The number of benzene rings is 3. The van der Waals surface area contributed by atoms with Crippen molar-refractivity contribution in [3.63, 3.8) is 0 Å². The minimum Gasteiger partial charge on any atom is -0.382 e. The first-order valence-corrected chi connectivity index (χ1v) is 12.9. The van der Waals surface area contributed by atoms with E-state index < -0.39 is 5.79 Å². The zero-order valence-corrected chi connectivity index (χ0v) is 20.9. The van der Waals surface area contributed by atoms with Crippen molar-refractivity contribution in [3.8, 4) is 11.1 Å². The number of nitrogens with one attached hydrogen (secondary N) is 1. The molecular formula is C29H27Cl2NO3. The Kier molecular flexibility index (Phi) is 6.11. The molecule has 0 bridgehead atoms. The maximum absolute atomic E-state index is 6.26. The van der Waals surface area contributed by atoms with Crippen LogP contribution in [0.1, 0.15) is 42.4 Å². The Labute approximate surface area is 215 Å². The first-order valence-electron chi connectivity index (χ1n) is 12.1. The lowest BCUT2D eigenvalue weighted by Gasteiger charge is -2.43. The fourth-order valence-corrected chi connectivity index (χ4v) is 5.94. The molecule has 6 heteroatoms. The van der Waals surface area contributed by atoms with E-state index in [0.29, 0.717) is 22.7 Å². The van der Waals surface area contributed by atoms with Gasteiger partial charge in [-0.2, -0.15) is 0 Å². The first kappa shape index (κ1) is 23.1. The van der Waals surface area contributed by atoms with Crippen molar-refractivity contribution in [2.75, 3.05) is 11.9 Å². The lowest BCUT2D eigenvalue weighted by Crippen LogP contribution is -2.49. The van der Waals surface area contributed by atoms with E-state index in [-0.39, 0.29) is 6.10 Å². The second-order valence-electron chi connectivity index (χ2n) is 9.70. The highest BCUT2D eigenvalue weighted by molar-refractivity contribution is 6.35. The van der Waals surface area contributed by atoms with Gasteiger partial charge in [-0.3, -0.25) is 0 Å². The Bertz CT molecular complexity index is 1250. The normalized spacial score (nSPS) is 25.2. The molecule has 0 amide bonds. The van der Waals surface area contributed by atoms with E-state index in [4.69, 9.17) is 37.7 Å². The van der Waals surface area contributed by atoms with Crippen LogP contribution in [0.4, 0.5) is 5.69 Å². The van der Waals surface area contributed by atoms with Crippen LogP contribution in [-0.2, 0) is 20.9 Å². The van der Waals surface area contributed by atoms with E-state index in [9.17, 15) is 0 Å². The minimum absolute atomic E-state index is 0.297. The molecule has 3 aromatic carbocycles. The number of halogens is 2. The molecular weight excluding hydrogens is 481 g/mol. The second-order valence-corrected chi connectivity index (χ2v) is 10.6. The van der Waals surface area contributed by atoms with Crippen LogP contribution in [0.2, 0.25) is 10.0 Å². The summed E-state index contributed by atoms with van der Waals surface area (Å²) in [4.78, 5) is 11.8. The van der Waals surface area contributed by atoms with E-state index in [1.807, 2.05) is 12.1 Å². The van der Waals surface area contributed by atoms with Gasteiger partial charge in [0.2, 0.25) is 5.79 Å². The molecule has 0 aromatic heterocycles. The first-order chi connectivity index (χ1) is 17.0. The SMILES string of the molecule is C=C(c1ccc2c(c1)Cc1ccccc1-2)C1COC2(CCC(Nc3cc(Cl)cc(Cl)c3)CC2)OO1. The highest BCUT2D eigenvalue weighted by Crippen LogP contribution is 2.41. The van der Waals surface area contributed by atoms with Crippen LogP contribution >= 0.6 is 23.2 Å². The molecule has 1 atom stereocenters. The lowest BCUT2D eigenvalue weighted by molar-refractivity contribution is -0.483. The standard InChI is InChI=1S/C29H27Cl2NO3/c1-18(19-6-7-27-21(12-19)13-20-4-2-3-5-26(20)27)28-17-33-29(35-34-28)10-8-24(9-11-29)32-25-15-22(30)14-23(31)16-25/h2-7,12,14-16,24,28,32H,1,8-11,13,17H2. The van der Waals surface area contributed by atoms with Gasteiger partial charge in [0.05, 0.1) is 6.61 Å². The fraction of sp³-hybridized carbons (Fsp3) is 0.310. The molecule has 6 rings (SSSR count). The summed E-state index contributed by atoms with van der Waals surface area (Å²) >= 11 is 12.3. The molecule has 1 aliphatic heterocycles. The summed E-state index contributed by atoms with van der Waals surface area (Å²) in [7, 11) is 0. The van der Waals surface area contributed by atoms with Gasteiger partial charge in [0.15, 0.2) is 0 Å². The molecule has 1 saturated carbocycles. The molecule has 1 unspecified atom stereocenters. The van der Waals surface area contributed by atoms with Gasteiger partial charge < -0.3 is 10.1 Å². The Hall–Kier alpha value is -2.34. The van der Waals surface area contributed by atoms with Crippen LogP contribution in [-0.4, -0.2) is 24.5 Å². The van der Waals surface area contributed by atoms with E-state index in [0.717, 1.165) is 48.9 Å². The predicted molar refractivity (Wildman–Crippen MR) is 141 cm³/mol. The number of hydrogen-bond acceptors (Lipinski definition) is 4. The minimum atomic E-state index is -0.694. The summed E-state index contributed by atoms with van der Waals surface area (Å²) in [5.41, 5.74) is 8.20. The number of fused-ring (bicyclic) bond motifs is 3. The van der Waals surface area contributed by atoms with Crippen molar-refractivity contribution in [1.82, 2.24) is 0 Å². The van der Waals surface area contributed by atoms with Crippen molar-refractivity contribution >= 4 is 34.5 Å². The smallest absolute Gasteiger partial charge is 0.201 e. The van der Waals surface area contributed by atoms with Gasteiger partial charge in [0, 0.05) is 34.6 Å². The van der Waals surface area contributed by atoms with Gasteiger partial charge in [-0.1, -0.05) is 72.2 Å². The van der Waals surface area contributed by atoms with Crippen LogP contribution in [0, 0.1) is 0 Å². The molecule has 1 N–H and O–H groups in total. The molecule has 1 heterocycles. The van der Waals surface area contributed by atoms with Crippen molar-refractivity contribution in [2.45, 2.75) is 50.0 Å². The summed E-state index contributed by atoms with van der Waals surface area (Å²) < 4.78 is 6.26. The Balaban J connectivity index is 1.05. The summed E-state index contributed by atoms with van der Waals surface area (Å²) in [6.45, 7) is 4.74.